The van der Waals surface area contributed by atoms with E-state index < -0.39 is 10.0 Å². The van der Waals surface area contributed by atoms with Crippen molar-refractivity contribution in [3.05, 3.63) is 60.2 Å². The molecule has 0 saturated carbocycles. The average molecular weight is 346 g/mol. The van der Waals surface area contributed by atoms with Crippen molar-refractivity contribution < 1.29 is 13.2 Å². The quantitative estimate of drug-likeness (QED) is 0.645. The summed E-state index contributed by atoms with van der Waals surface area (Å²) in [5.74, 6) is 0.968. The van der Waals surface area contributed by atoms with E-state index in [1.807, 2.05) is 51.1 Å². The van der Waals surface area contributed by atoms with Crippen LogP contribution in [0.4, 0.5) is 0 Å². The highest BCUT2D eigenvalue weighted by Crippen LogP contribution is 2.16. The first kappa shape index (κ1) is 18.0. The van der Waals surface area contributed by atoms with Crippen molar-refractivity contribution in [1.82, 2.24) is 4.72 Å². The Morgan fingerprint density at radius 1 is 1.08 bits per heavy atom. The van der Waals surface area contributed by atoms with Crippen LogP contribution in [0.15, 0.2) is 64.5 Å². The maximum atomic E-state index is 12.6. The summed E-state index contributed by atoms with van der Waals surface area (Å²) < 4.78 is 33.2. The lowest BCUT2D eigenvalue weighted by atomic mass is 10.2. The second-order valence-corrected chi connectivity index (χ2v) is 7.13. The fourth-order valence-electron chi connectivity index (χ4n) is 2.08. The van der Waals surface area contributed by atoms with E-state index in [1.165, 1.54) is 12.1 Å². The van der Waals surface area contributed by atoms with Crippen LogP contribution in [0.2, 0.25) is 0 Å². The highest BCUT2D eigenvalue weighted by molar-refractivity contribution is 7.90. The van der Waals surface area contributed by atoms with Gasteiger partial charge in [-0.15, -0.1) is 0 Å². The molecule has 0 bridgehead atoms. The van der Waals surface area contributed by atoms with Crippen LogP contribution < -0.4 is 9.46 Å². The Labute approximate surface area is 143 Å². The Morgan fingerprint density at radius 2 is 1.71 bits per heavy atom. The van der Waals surface area contributed by atoms with Crippen molar-refractivity contribution in [2.24, 2.45) is 4.99 Å². The Kier molecular flexibility index (Phi) is 5.98. The minimum atomic E-state index is -3.72. The Bertz CT molecular complexity index is 783. The van der Waals surface area contributed by atoms with Crippen LogP contribution in [0, 0.1) is 0 Å². The van der Waals surface area contributed by atoms with Gasteiger partial charge in [-0.3, -0.25) is 9.71 Å². The standard InChI is InChI=1S/C18H22N2O3S/c1-4-23-16-10-12-17(13-11-16)24(21,22)20-18(19-14(2)3)15-8-6-5-7-9-15/h5-14H,4H2,1-3H3,(H,19,20). The molecule has 0 atom stereocenters. The summed E-state index contributed by atoms with van der Waals surface area (Å²) in [7, 11) is -3.72. The van der Waals surface area contributed by atoms with Gasteiger partial charge in [0.2, 0.25) is 0 Å². The van der Waals surface area contributed by atoms with E-state index in [-0.39, 0.29) is 10.9 Å². The van der Waals surface area contributed by atoms with Crippen LogP contribution in [-0.2, 0) is 10.0 Å². The largest absolute Gasteiger partial charge is 0.494 e. The number of nitrogens with one attached hydrogen (secondary N) is 1. The monoisotopic (exact) mass is 346 g/mol. The van der Waals surface area contributed by atoms with Gasteiger partial charge in [0.05, 0.1) is 11.5 Å². The summed E-state index contributed by atoms with van der Waals surface area (Å²) in [6.45, 7) is 6.20. The summed E-state index contributed by atoms with van der Waals surface area (Å²) in [5.41, 5.74) is 0.723. The molecule has 0 aromatic heterocycles. The van der Waals surface area contributed by atoms with Crippen molar-refractivity contribution in [1.29, 1.82) is 0 Å². The van der Waals surface area contributed by atoms with Gasteiger partial charge in [0, 0.05) is 11.6 Å². The topological polar surface area (TPSA) is 67.8 Å². The molecule has 0 aliphatic carbocycles. The second kappa shape index (κ2) is 7.97. The van der Waals surface area contributed by atoms with Gasteiger partial charge in [0.15, 0.2) is 0 Å². The Morgan fingerprint density at radius 3 is 2.25 bits per heavy atom. The zero-order chi connectivity index (χ0) is 17.6. The summed E-state index contributed by atoms with van der Waals surface area (Å²) in [4.78, 5) is 4.57. The molecule has 0 amide bonds. The number of hydrogen-bond acceptors (Lipinski definition) is 4. The molecule has 0 saturated heterocycles. The van der Waals surface area contributed by atoms with Crippen LogP contribution >= 0.6 is 0 Å². The highest BCUT2D eigenvalue weighted by atomic mass is 32.2. The van der Waals surface area contributed by atoms with E-state index in [0.717, 1.165) is 5.56 Å². The summed E-state index contributed by atoms with van der Waals surface area (Å²) >= 11 is 0. The predicted molar refractivity (Wildman–Crippen MR) is 96.0 cm³/mol. The zero-order valence-corrected chi connectivity index (χ0v) is 14.9. The molecule has 0 aliphatic rings. The van der Waals surface area contributed by atoms with E-state index in [1.54, 1.807) is 12.1 Å². The van der Waals surface area contributed by atoms with Gasteiger partial charge in [0.1, 0.15) is 11.6 Å². The minimum absolute atomic E-state index is 0.0387. The molecule has 5 nitrogen and oxygen atoms in total. The maximum absolute atomic E-state index is 12.6. The van der Waals surface area contributed by atoms with E-state index >= 15 is 0 Å². The van der Waals surface area contributed by atoms with Gasteiger partial charge in [-0.2, -0.15) is 0 Å². The van der Waals surface area contributed by atoms with Crippen molar-refractivity contribution in [2.45, 2.75) is 31.7 Å². The number of hydrogen-bond donors (Lipinski definition) is 1. The first-order valence-corrected chi connectivity index (χ1v) is 9.29. The fourth-order valence-corrected chi connectivity index (χ4v) is 3.12. The smallest absolute Gasteiger partial charge is 0.263 e. The lowest BCUT2D eigenvalue weighted by molar-refractivity contribution is 0.340. The number of aliphatic imine (C=N–C) groups is 1. The molecule has 2 rings (SSSR count). The lowest BCUT2D eigenvalue weighted by Gasteiger charge is -2.13. The maximum Gasteiger partial charge on any atom is 0.263 e. The van der Waals surface area contributed by atoms with Crippen molar-refractivity contribution in [2.75, 3.05) is 6.61 Å². The number of benzene rings is 2. The van der Waals surface area contributed by atoms with E-state index in [0.29, 0.717) is 18.2 Å². The van der Waals surface area contributed by atoms with Gasteiger partial charge in [-0.1, -0.05) is 30.3 Å². The van der Waals surface area contributed by atoms with Crippen LogP contribution in [0.5, 0.6) is 5.75 Å². The molecular weight excluding hydrogens is 324 g/mol. The average Bonchev–Trinajstić information content (AvgIpc) is 2.55. The van der Waals surface area contributed by atoms with E-state index in [9.17, 15) is 8.42 Å². The molecule has 0 spiro atoms. The van der Waals surface area contributed by atoms with Crippen LogP contribution in [0.1, 0.15) is 26.3 Å². The Balaban J connectivity index is 2.30. The molecule has 128 valence electrons. The normalized spacial score (nSPS) is 12.2. The zero-order valence-electron chi connectivity index (χ0n) is 14.1. The predicted octanol–water partition coefficient (Wildman–Crippen LogP) is 3.22. The first-order valence-electron chi connectivity index (χ1n) is 7.81. The highest BCUT2D eigenvalue weighted by Gasteiger charge is 2.17. The first-order chi connectivity index (χ1) is 11.4. The van der Waals surface area contributed by atoms with Crippen LogP contribution in [0.3, 0.4) is 0 Å². The number of sulfonamides is 1. The van der Waals surface area contributed by atoms with Crippen LogP contribution in [-0.4, -0.2) is 26.9 Å². The third-order valence-electron chi connectivity index (χ3n) is 3.11. The number of amidine groups is 1. The van der Waals surface area contributed by atoms with E-state index in [4.69, 9.17) is 4.74 Å². The molecule has 1 N–H and O–H groups in total. The minimum Gasteiger partial charge on any atom is -0.494 e. The molecular formula is C18H22N2O3S. The molecule has 2 aromatic carbocycles. The third kappa shape index (κ3) is 4.83. The lowest BCUT2D eigenvalue weighted by Crippen LogP contribution is -2.32. The second-order valence-electron chi connectivity index (χ2n) is 5.45. The van der Waals surface area contributed by atoms with Crippen molar-refractivity contribution >= 4 is 15.9 Å². The van der Waals surface area contributed by atoms with Gasteiger partial charge in [-0.05, 0) is 45.0 Å². The van der Waals surface area contributed by atoms with Crippen molar-refractivity contribution in [3.63, 3.8) is 0 Å². The molecule has 6 heteroatoms. The van der Waals surface area contributed by atoms with Gasteiger partial charge < -0.3 is 4.74 Å². The molecule has 0 aliphatic heterocycles. The number of rotatable bonds is 6. The van der Waals surface area contributed by atoms with Gasteiger partial charge in [0.25, 0.3) is 10.0 Å². The summed E-state index contributed by atoms with van der Waals surface area (Å²) in [6.07, 6.45) is 0. The fraction of sp³-hybridized carbons (Fsp3) is 0.278. The summed E-state index contributed by atoms with van der Waals surface area (Å²) in [6, 6.07) is 15.5. The summed E-state index contributed by atoms with van der Waals surface area (Å²) in [5, 5.41) is 0. The third-order valence-corrected chi connectivity index (χ3v) is 4.47. The Hall–Kier alpha value is -2.34. The molecule has 0 heterocycles. The van der Waals surface area contributed by atoms with Crippen LogP contribution in [0.25, 0.3) is 0 Å². The number of ether oxygens (including phenoxy) is 1. The molecule has 2 aromatic rings. The molecule has 24 heavy (non-hydrogen) atoms. The SMILES string of the molecule is CCOc1ccc(S(=O)(=O)NC(=NC(C)C)c2ccccc2)cc1. The number of nitrogens with zero attached hydrogens (tertiary/aromatic N) is 1. The molecule has 0 unspecified atom stereocenters. The van der Waals surface area contributed by atoms with Gasteiger partial charge in [-0.25, -0.2) is 8.42 Å². The molecule has 0 fully saturated rings. The van der Waals surface area contributed by atoms with E-state index in [2.05, 4.69) is 9.71 Å². The van der Waals surface area contributed by atoms with Gasteiger partial charge >= 0.3 is 0 Å². The van der Waals surface area contributed by atoms with Crippen molar-refractivity contribution in [3.8, 4) is 5.75 Å². The molecule has 0 radical (unpaired) electrons.